The number of imide groups is 1. The van der Waals surface area contributed by atoms with E-state index in [0.29, 0.717) is 6.42 Å². The van der Waals surface area contributed by atoms with Gasteiger partial charge in [-0.3, -0.25) is 14.5 Å². The maximum Gasteiger partial charge on any atom is 0.247 e. The van der Waals surface area contributed by atoms with Crippen LogP contribution in [0, 0.1) is 0 Å². The molecular formula is C13H22N2O3. The van der Waals surface area contributed by atoms with Gasteiger partial charge in [0, 0.05) is 19.8 Å². The summed E-state index contributed by atoms with van der Waals surface area (Å²) in [4.78, 5) is 25.2. The SMILES string of the molecule is COCCCCCNC1CC(=O)N(C2CC2)C1=O. The third-order valence-electron chi connectivity index (χ3n) is 3.51. The molecule has 0 radical (unpaired) electrons. The highest BCUT2D eigenvalue weighted by molar-refractivity contribution is 6.06. The summed E-state index contributed by atoms with van der Waals surface area (Å²) in [5.41, 5.74) is 0. The summed E-state index contributed by atoms with van der Waals surface area (Å²) < 4.78 is 4.97. The first-order valence-corrected chi connectivity index (χ1v) is 6.82. The molecule has 0 aromatic rings. The number of hydrogen-bond donors (Lipinski definition) is 1. The Balaban J connectivity index is 1.64. The van der Waals surface area contributed by atoms with E-state index < -0.39 is 0 Å². The fourth-order valence-electron chi connectivity index (χ4n) is 2.35. The zero-order chi connectivity index (χ0) is 13.0. The normalized spacial score (nSPS) is 24.1. The first-order chi connectivity index (χ1) is 8.74. The standard InChI is InChI=1S/C13H22N2O3/c1-18-8-4-2-3-7-14-11-9-12(16)15(13(11)17)10-5-6-10/h10-11,14H,2-9H2,1H3. The van der Waals surface area contributed by atoms with Gasteiger partial charge in [0.25, 0.3) is 0 Å². The second kappa shape index (κ2) is 6.29. The molecule has 1 aliphatic carbocycles. The highest BCUT2D eigenvalue weighted by atomic mass is 16.5. The van der Waals surface area contributed by atoms with Crippen molar-refractivity contribution in [1.29, 1.82) is 0 Å². The van der Waals surface area contributed by atoms with Gasteiger partial charge in [-0.05, 0) is 38.6 Å². The van der Waals surface area contributed by atoms with Crippen molar-refractivity contribution in [2.24, 2.45) is 0 Å². The van der Waals surface area contributed by atoms with E-state index in [1.807, 2.05) is 0 Å². The molecule has 1 N–H and O–H groups in total. The Morgan fingerprint density at radius 2 is 2.06 bits per heavy atom. The first kappa shape index (κ1) is 13.5. The molecule has 1 saturated carbocycles. The highest BCUT2D eigenvalue weighted by Gasteiger charge is 2.45. The van der Waals surface area contributed by atoms with Gasteiger partial charge in [0.15, 0.2) is 0 Å². The van der Waals surface area contributed by atoms with Crippen LogP contribution in [0.3, 0.4) is 0 Å². The fraction of sp³-hybridized carbons (Fsp3) is 0.846. The molecule has 2 aliphatic rings. The van der Waals surface area contributed by atoms with Crippen molar-refractivity contribution >= 4 is 11.8 Å². The van der Waals surface area contributed by atoms with Gasteiger partial charge in [-0.25, -0.2) is 0 Å². The molecule has 0 spiro atoms. The van der Waals surface area contributed by atoms with Gasteiger partial charge in [0.2, 0.25) is 11.8 Å². The summed E-state index contributed by atoms with van der Waals surface area (Å²) in [6.07, 6.45) is 5.46. The number of carbonyl (C=O) groups is 2. The van der Waals surface area contributed by atoms with E-state index in [1.54, 1.807) is 7.11 Å². The minimum atomic E-state index is -0.277. The maximum atomic E-state index is 12.0. The molecule has 2 fully saturated rings. The molecule has 18 heavy (non-hydrogen) atoms. The summed E-state index contributed by atoms with van der Waals surface area (Å²) in [7, 11) is 1.70. The quantitative estimate of drug-likeness (QED) is 0.511. The molecule has 2 rings (SSSR count). The Bertz CT molecular complexity index is 315. The molecule has 0 aromatic carbocycles. The number of rotatable bonds is 8. The number of ether oxygens (including phenoxy) is 1. The summed E-state index contributed by atoms with van der Waals surface area (Å²) in [5, 5.41) is 3.20. The zero-order valence-electron chi connectivity index (χ0n) is 11.0. The van der Waals surface area contributed by atoms with Crippen molar-refractivity contribution in [2.45, 2.75) is 50.6 Å². The summed E-state index contributed by atoms with van der Waals surface area (Å²) >= 11 is 0. The molecule has 1 aliphatic heterocycles. The lowest BCUT2D eigenvalue weighted by atomic mass is 10.2. The van der Waals surface area contributed by atoms with Crippen molar-refractivity contribution in [3.63, 3.8) is 0 Å². The van der Waals surface area contributed by atoms with Crippen LogP contribution in [0.4, 0.5) is 0 Å². The van der Waals surface area contributed by atoms with Crippen molar-refractivity contribution in [3.8, 4) is 0 Å². The van der Waals surface area contributed by atoms with Crippen molar-refractivity contribution < 1.29 is 14.3 Å². The summed E-state index contributed by atoms with van der Waals surface area (Å²) in [6.45, 7) is 1.59. The van der Waals surface area contributed by atoms with Gasteiger partial charge in [-0.1, -0.05) is 0 Å². The van der Waals surface area contributed by atoms with Crippen molar-refractivity contribution in [2.75, 3.05) is 20.3 Å². The van der Waals surface area contributed by atoms with Gasteiger partial charge in [0.1, 0.15) is 0 Å². The number of carbonyl (C=O) groups excluding carboxylic acids is 2. The van der Waals surface area contributed by atoms with Gasteiger partial charge < -0.3 is 10.1 Å². The Hall–Kier alpha value is -0.940. The van der Waals surface area contributed by atoms with E-state index in [0.717, 1.165) is 45.3 Å². The van der Waals surface area contributed by atoms with E-state index in [-0.39, 0.29) is 23.9 Å². The molecule has 1 heterocycles. The van der Waals surface area contributed by atoms with E-state index >= 15 is 0 Å². The second-order valence-corrected chi connectivity index (χ2v) is 5.10. The second-order valence-electron chi connectivity index (χ2n) is 5.10. The predicted molar refractivity (Wildman–Crippen MR) is 67.0 cm³/mol. The van der Waals surface area contributed by atoms with Crippen LogP contribution >= 0.6 is 0 Å². The largest absolute Gasteiger partial charge is 0.385 e. The molecular weight excluding hydrogens is 232 g/mol. The number of nitrogens with one attached hydrogen (secondary N) is 1. The van der Waals surface area contributed by atoms with E-state index in [9.17, 15) is 9.59 Å². The Morgan fingerprint density at radius 3 is 2.72 bits per heavy atom. The molecule has 0 aromatic heterocycles. The number of methoxy groups -OCH3 is 1. The smallest absolute Gasteiger partial charge is 0.247 e. The van der Waals surface area contributed by atoms with Crippen LogP contribution in [0.1, 0.15) is 38.5 Å². The third kappa shape index (κ3) is 3.29. The van der Waals surface area contributed by atoms with Crippen LogP contribution in [0.2, 0.25) is 0 Å². The Morgan fingerprint density at radius 1 is 1.28 bits per heavy atom. The van der Waals surface area contributed by atoms with Crippen LogP contribution in [-0.4, -0.2) is 49.1 Å². The van der Waals surface area contributed by atoms with Crippen molar-refractivity contribution in [3.05, 3.63) is 0 Å². The molecule has 1 atom stereocenters. The summed E-state index contributed by atoms with van der Waals surface area (Å²) in [6, 6.07) is -0.0703. The lowest BCUT2D eigenvalue weighted by molar-refractivity contribution is -0.139. The van der Waals surface area contributed by atoms with E-state index in [1.165, 1.54) is 4.90 Å². The monoisotopic (exact) mass is 254 g/mol. The molecule has 2 amide bonds. The fourth-order valence-corrected chi connectivity index (χ4v) is 2.35. The number of likely N-dealkylation sites (tertiary alicyclic amines) is 1. The summed E-state index contributed by atoms with van der Waals surface area (Å²) in [5.74, 6) is -0.0150. The van der Waals surface area contributed by atoms with Crippen molar-refractivity contribution in [1.82, 2.24) is 10.2 Å². The first-order valence-electron chi connectivity index (χ1n) is 6.82. The minimum absolute atomic E-state index is 0.000571. The van der Waals surface area contributed by atoms with Gasteiger partial charge in [-0.2, -0.15) is 0 Å². The third-order valence-corrected chi connectivity index (χ3v) is 3.51. The number of hydrogen-bond acceptors (Lipinski definition) is 4. The average molecular weight is 254 g/mol. The lowest BCUT2D eigenvalue weighted by Crippen LogP contribution is -2.40. The molecule has 5 heteroatoms. The van der Waals surface area contributed by atoms with E-state index in [2.05, 4.69) is 5.32 Å². The van der Waals surface area contributed by atoms with Gasteiger partial charge in [-0.15, -0.1) is 0 Å². The van der Waals surface area contributed by atoms with Crippen LogP contribution in [0.15, 0.2) is 0 Å². The van der Waals surface area contributed by atoms with Crippen LogP contribution in [-0.2, 0) is 14.3 Å². The zero-order valence-corrected chi connectivity index (χ0v) is 11.0. The van der Waals surface area contributed by atoms with Gasteiger partial charge in [0.05, 0.1) is 12.5 Å². The molecule has 1 saturated heterocycles. The molecule has 1 unspecified atom stereocenters. The van der Waals surface area contributed by atoms with Gasteiger partial charge >= 0.3 is 0 Å². The Labute approximate surface area is 108 Å². The average Bonchev–Trinajstić information content (AvgIpc) is 3.12. The maximum absolute atomic E-state index is 12.0. The van der Waals surface area contributed by atoms with Crippen LogP contribution in [0.25, 0.3) is 0 Å². The van der Waals surface area contributed by atoms with Crippen LogP contribution < -0.4 is 5.32 Å². The Kier molecular flexibility index (Phi) is 4.72. The molecule has 102 valence electrons. The number of nitrogens with zero attached hydrogens (tertiary/aromatic N) is 1. The number of amides is 2. The predicted octanol–water partition coefficient (Wildman–Crippen LogP) is 0.683. The molecule has 0 bridgehead atoms. The van der Waals surface area contributed by atoms with E-state index in [4.69, 9.17) is 4.74 Å². The lowest BCUT2D eigenvalue weighted by Gasteiger charge is -2.14. The molecule has 5 nitrogen and oxygen atoms in total. The topological polar surface area (TPSA) is 58.6 Å². The van der Waals surface area contributed by atoms with Crippen LogP contribution in [0.5, 0.6) is 0 Å². The highest BCUT2D eigenvalue weighted by Crippen LogP contribution is 2.31. The number of unbranched alkanes of at least 4 members (excludes halogenated alkanes) is 2. The minimum Gasteiger partial charge on any atom is -0.385 e.